The van der Waals surface area contributed by atoms with E-state index in [1.165, 1.54) is 21.3 Å². The second-order valence-electron chi connectivity index (χ2n) is 5.18. The van der Waals surface area contributed by atoms with E-state index in [9.17, 15) is 9.59 Å². The number of anilines is 1. The Morgan fingerprint density at radius 1 is 0.962 bits per heavy atom. The van der Waals surface area contributed by atoms with Gasteiger partial charge in [0.05, 0.1) is 33.6 Å². The molecule has 0 atom stereocenters. The Balaban J connectivity index is 2.01. The van der Waals surface area contributed by atoms with Gasteiger partial charge in [-0.1, -0.05) is 11.6 Å². The Morgan fingerprint density at radius 3 is 2.19 bits per heavy atom. The van der Waals surface area contributed by atoms with Crippen LogP contribution in [0.2, 0.25) is 5.02 Å². The van der Waals surface area contributed by atoms with Gasteiger partial charge in [0.2, 0.25) is 5.91 Å². The molecule has 0 saturated carbocycles. The summed E-state index contributed by atoms with van der Waals surface area (Å²) in [5.41, 5.74) is 0.733. The molecule has 0 aliphatic rings. The summed E-state index contributed by atoms with van der Waals surface area (Å²) in [7, 11) is 4.46. The van der Waals surface area contributed by atoms with Gasteiger partial charge in [-0.05, 0) is 30.3 Å². The van der Waals surface area contributed by atoms with Gasteiger partial charge in [-0.2, -0.15) is 0 Å². The molecule has 0 fully saturated rings. The van der Waals surface area contributed by atoms with Crippen LogP contribution in [-0.2, 0) is 4.79 Å². The number of nitrogens with one attached hydrogen (secondary N) is 2. The van der Waals surface area contributed by atoms with Gasteiger partial charge in [-0.25, -0.2) is 0 Å². The highest BCUT2D eigenvalue weighted by molar-refractivity contribution is 6.31. The van der Waals surface area contributed by atoms with Crippen molar-refractivity contribution in [3.8, 4) is 17.2 Å². The van der Waals surface area contributed by atoms with Crippen LogP contribution in [0, 0.1) is 0 Å². The van der Waals surface area contributed by atoms with E-state index in [2.05, 4.69) is 10.6 Å². The number of halogens is 1. The molecule has 2 aromatic carbocycles. The molecule has 2 N–H and O–H groups in total. The van der Waals surface area contributed by atoms with Crippen LogP contribution in [-0.4, -0.2) is 39.7 Å². The van der Waals surface area contributed by atoms with Crippen LogP contribution in [0.25, 0.3) is 0 Å². The van der Waals surface area contributed by atoms with E-state index in [0.717, 1.165) is 0 Å². The molecule has 0 aliphatic heterocycles. The molecule has 7 nitrogen and oxygen atoms in total. The molecule has 0 heterocycles. The average molecular weight is 379 g/mol. The number of carbonyl (C=O) groups is 2. The second kappa shape index (κ2) is 8.96. The predicted octanol–water partition coefficient (Wildman–Crippen LogP) is 2.73. The summed E-state index contributed by atoms with van der Waals surface area (Å²) in [6.45, 7) is -0.228. The fraction of sp³-hybridized carbons (Fsp3) is 0.222. The van der Waals surface area contributed by atoms with Gasteiger partial charge >= 0.3 is 0 Å². The van der Waals surface area contributed by atoms with E-state index in [4.69, 9.17) is 25.8 Å². The third-order valence-corrected chi connectivity index (χ3v) is 3.69. The van der Waals surface area contributed by atoms with E-state index >= 15 is 0 Å². The summed E-state index contributed by atoms with van der Waals surface area (Å²) in [6.07, 6.45) is 0. The Morgan fingerprint density at radius 2 is 1.62 bits per heavy atom. The van der Waals surface area contributed by atoms with Crippen molar-refractivity contribution in [2.75, 3.05) is 33.2 Å². The molecule has 138 valence electrons. The van der Waals surface area contributed by atoms with Crippen molar-refractivity contribution in [3.63, 3.8) is 0 Å². The number of rotatable bonds is 7. The van der Waals surface area contributed by atoms with Gasteiger partial charge in [0.25, 0.3) is 5.91 Å². The summed E-state index contributed by atoms with van der Waals surface area (Å²) in [5.74, 6) is 0.557. The van der Waals surface area contributed by atoms with Gasteiger partial charge < -0.3 is 24.8 Å². The first-order chi connectivity index (χ1) is 12.5. The maximum atomic E-state index is 12.3. The summed E-state index contributed by atoms with van der Waals surface area (Å²) in [4.78, 5) is 24.4. The molecule has 8 heteroatoms. The number of benzene rings is 2. The van der Waals surface area contributed by atoms with Crippen LogP contribution in [0.3, 0.4) is 0 Å². The highest BCUT2D eigenvalue weighted by Gasteiger charge is 2.13. The SMILES string of the molecule is COc1cc(OC)cc(C(=O)NCC(=O)Nc2cc(Cl)ccc2OC)c1. The van der Waals surface area contributed by atoms with Gasteiger partial charge in [0.1, 0.15) is 17.2 Å². The largest absolute Gasteiger partial charge is 0.497 e. The monoisotopic (exact) mass is 378 g/mol. The first kappa shape index (κ1) is 19.4. The lowest BCUT2D eigenvalue weighted by Gasteiger charge is -2.12. The normalized spacial score (nSPS) is 10.0. The van der Waals surface area contributed by atoms with Crippen LogP contribution < -0.4 is 24.8 Å². The molecule has 2 amide bonds. The van der Waals surface area contributed by atoms with Crippen molar-refractivity contribution in [1.29, 1.82) is 0 Å². The minimum absolute atomic E-state index is 0.228. The summed E-state index contributed by atoms with van der Waals surface area (Å²) < 4.78 is 15.4. The van der Waals surface area contributed by atoms with Crippen molar-refractivity contribution in [3.05, 3.63) is 47.0 Å². The van der Waals surface area contributed by atoms with Gasteiger partial charge in [0, 0.05) is 16.7 Å². The summed E-state index contributed by atoms with van der Waals surface area (Å²) >= 11 is 5.92. The Bertz CT molecular complexity index is 788. The zero-order chi connectivity index (χ0) is 19.1. The van der Waals surface area contributed by atoms with Gasteiger partial charge in [-0.15, -0.1) is 0 Å². The van der Waals surface area contributed by atoms with E-state index < -0.39 is 11.8 Å². The zero-order valence-corrected chi connectivity index (χ0v) is 15.3. The number of carbonyl (C=O) groups excluding carboxylic acids is 2. The maximum absolute atomic E-state index is 12.3. The van der Waals surface area contributed by atoms with Crippen molar-refractivity contribution in [1.82, 2.24) is 5.32 Å². The number of methoxy groups -OCH3 is 3. The van der Waals surface area contributed by atoms with Crippen LogP contribution in [0.5, 0.6) is 17.2 Å². The smallest absolute Gasteiger partial charge is 0.251 e. The quantitative estimate of drug-likeness (QED) is 0.773. The molecular formula is C18H19ClN2O5. The van der Waals surface area contributed by atoms with Crippen LogP contribution in [0.15, 0.2) is 36.4 Å². The lowest BCUT2D eigenvalue weighted by Crippen LogP contribution is -2.33. The van der Waals surface area contributed by atoms with E-state index in [0.29, 0.717) is 33.5 Å². The standard InChI is InChI=1S/C18H19ClN2O5/c1-24-13-6-11(7-14(9-13)25-2)18(23)20-10-17(22)21-15-8-12(19)4-5-16(15)26-3/h4-9H,10H2,1-3H3,(H,20,23)(H,21,22). The van der Waals surface area contributed by atoms with Crippen LogP contribution >= 0.6 is 11.6 Å². The molecule has 0 bridgehead atoms. The first-order valence-corrected chi connectivity index (χ1v) is 7.99. The van der Waals surface area contributed by atoms with E-state index in [1.54, 1.807) is 36.4 Å². The van der Waals surface area contributed by atoms with Crippen molar-refractivity contribution in [2.24, 2.45) is 0 Å². The topological polar surface area (TPSA) is 85.9 Å². The molecule has 0 aromatic heterocycles. The Hall–Kier alpha value is -2.93. The van der Waals surface area contributed by atoms with Crippen LogP contribution in [0.1, 0.15) is 10.4 Å². The molecular weight excluding hydrogens is 360 g/mol. The number of hydrogen-bond acceptors (Lipinski definition) is 5. The molecule has 0 radical (unpaired) electrons. The van der Waals surface area contributed by atoms with Crippen molar-refractivity contribution in [2.45, 2.75) is 0 Å². The van der Waals surface area contributed by atoms with Gasteiger partial charge in [-0.3, -0.25) is 9.59 Å². The molecule has 0 aliphatic carbocycles. The molecule has 2 rings (SSSR count). The van der Waals surface area contributed by atoms with Crippen LogP contribution in [0.4, 0.5) is 5.69 Å². The lowest BCUT2D eigenvalue weighted by molar-refractivity contribution is -0.115. The minimum atomic E-state index is -0.435. The van der Waals surface area contributed by atoms with E-state index in [1.807, 2.05) is 0 Å². The molecule has 0 spiro atoms. The van der Waals surface area contributed by atoms with Crippen molar-refractivity contribution >= 4 is 29.1 Å². The van der Waals surface area contributed by atoms with Gasteiger partial charge in [0.15, 0.2) is 0 Å². The third kappa shape index (κ3) is 5.03. The van der Waals surface area contributed by atoms with E-state index in [-0.39, 0.29) is 6.54 Å². The number of amides is 2. The Labute approximate surface area is 156 Å². The summed E-state index contributed by atoms with van der Waals surface area (Å²) in [6, 6.07) is 9.60. The highest BCUT2D eigenvalue weighted by atomic mass is 35.5. The fourth-order valence-electron chi connectivity index (χ4n) is 2.17. The molecule has 2 aromatic rings. The molecule has 0 unspecified atom stereocenters. The second-order valence-corrected chi connectivity index (χ2v) is 5.61. The van der Waals surface area contributed by atoms with Crippen molar-refractivity contribution < 1.29 is 23.8 Å². The summed E-state index contributed by atoms with van der Waals surface area (Å²) in [5, 5.41) is 5.63. The maximum Gasteiger partial charge on any atom is 0.251 e. The third-order valence-electron chi connectivity index (χ3n) is 3.46. The fourth-order valence-corrected chi connectivity index (χ4v) is 2.35. The zero-order valence-electron chi connectivity index (χ0n) is 14.6. The molecule has 0 saturated heterocycles. The first-order valence-electron chi connectivity index (χ1n) is 7.61. The Kier molecular flexibility index (Phi) is 6.68. The average Bonchev–Trinajstić information content (AvgIpc) is 2.65. The minimum Gasteiger partial charge on any atom is -0.497 e. The number of hydrogen-bond donors (Lipinski definition) is 2. The number of ether oxygens (including phenoxy) is 3. The lowest BCUT2D eigenvalue weighted by atomic mass is 10.2. The predicted molar refractivity (Wildman–Crippen MR) is 98.5 cm³/mol. The highest BCUT2D eigenvalue weighted by Crippen LogP contribution is 2.27. The molecule has 26 heavy (non-hydrogen) atoms.